The van der Waals surface area contributed by atoms with E-state index < -0.39 is 0 Å². The van der Waals surface area contributed by atoms with Gasteiger partial charge >= 0.3 is 0 Å². The lowest BCUT2D eigenvalue weighted by Crippen LogP contribution is -2.35. The van der Waals surface area contributed by atoms with Gasteiger partial charge in [-0.15, -0.1) is 0 Å². The molecule has 0 aliphatic rings. The Kier molecular flexibility index (Phi) is 7.90. The van der Waals surface area contributed by atoms with Crippen molar-refractivity contribution >= 4 is 5.91 Å². The van der Waals surface area contributed by atoms with Crippen molar-refractivity contribution in [2.45, 2.75) is 46.4 Å². The SMILES string of the molecule is COc1ccc(CN(Cc2ccccc2)Cc2ccc(C(=O)N[C@@H](C)C(C)C)o2)cc1. The second-order valence-electron chi connectivity index (χ2n) is 8.25. The molecule has 164 valence electrons. The highest BCUT2D eigenvalue weighted by Gasteiger charge is 2.17. The zero-order chi connectivity index (χ0) is 22.2. The van der Waals surface area contributed by atoms with Crippen LogP contribution in [0, 0.1) is 5.92 Å². The molecule has 0 saturated carbocycles. The predicted molar refractivity (Wildman–Crippen MR) is 123 cm³/mol. The van der Waals surface area contributed by atoms with Gasteiger partial charge in [0.1, 0.15) is 11.5 Å². The number of ether oxygens (including phenoxy) is 1. The fourth-order valence-electron chi connectivity index (χ4n) is 3.25. The lowest BCUT2D eigenvalue weighted by atomic mass is 10.1. The zero-order valence-corrected chi connectivity index (χ0v) is 18.8. The van der Waals surface area contributed by atoms with E-state index in [0.29, 0.717) is 18.2 Å². The molecule has 31 heavy (non-hydrogen) atoms. The van der Waals surface area contributed by atoms with Gasteiger partial charge in [0, 0.05) is 19.1 Å². The van der Waals surface area contributed by atoms with Crippen LogP contribution in [0.4, 0.5) is 0 Å². The molecule has 5 nitrogen and oxygen atoms in total. The van der Waals surface area contributed by atoms with Crippen LogP contribution in [0.1, 0.15) is 48.2 Å². The monoisotopic (exact) mass is 420 g/mol. The molecular formula is C26H32N2O3. The first-order chi connectivity index (χ1) is 14.9. The van der Waals surface area contributed by atoms with Gasteiger partial charge in [-0.1, -0.05) is 56.3 Å². The van der Waals surface area contributed by atoms with Gasteiger partial charge in [-0.3, -0.25) is 9.69 Å². The van der Waals surface area contributed by atoms with E-state index in [0.717, 1.165) is 24.6 Å². The van der Waals surface area contributed by atoms with E-state index in [1.165, 1.54) is 11.1 Å². The average molecular weight is 421 g/mol. The normalized spacial score (nSPS) is 12.2. The molecule has 0 fully saturated rings. The molecule has 0 radical (unpaired) electrons. The maximum atomic E-state index is 12.5. The summed E-state index contributed by atoms with van der Waals surface area (Å²) in [5.74, 6) is 2.16. The molecule has 0 spiro atoms. The topological polar surface area (TPSA) is 54.7 Å². The lowest BCUT2D eigenvalue weighted by Gasteiger charge is -2.22. The van der Waals surface area contributed by atoms with Crippen LogP contribution in [0.3, 0.4) is 0 Å². The molecule has 0 unspecified atom stereocenters. The van der Waals surface area contributed by atoms with Crippen molar-refractivity contribution in [3.63, 3.8) is 0 Å². The number of hydrogen-bond acceptors (Lipinski definition) is 4. The highest BCUT2D eigenvalue weighted by Crippen LogP contribution is 2.18. The molecule has 1 amide bonds. The van der Waals surface area contributed by atoms with Crippen LogP contribution in [0.5, 0.6) is 5.75 Å². The Morgan fingerprint density at radius 3 is 2.16 bits per heavy atom. The minimum Gasteiger partial charge on any atom is -0.497 e. The van der Waals surface area contributed by atoms with Gasteiger partial charge < -0.3 is 14.5 Å². The van der Waals surface area contributed by atoms with Gasteiger partial charge in [-0.05, 0) is 48.2 Å². The number of rotatable bonds is 10. The second kappa shape index (κ2) is 10.8. The molecule has 2 aromatic carbocycles. The second-order valence-corrected chi connectivity index (χ2v) is 8.25. The first kappa shape index (κ1) is 22.6. The highest BCUT2D eigenvalue weighted by atomic mass is 16.5. The first-order valence-corrected chi connectivity index (χ1v) is 10.7. The highest BCUT2D eigenvalue weighted by molar-refractivity contribution is 5.91. The van der Waals surface area contributed by atoms with Crippen LogP contribution >= 0.6 is 0 Å². The Balaban J connectivity index is 1.71. The van der Waals surface area contributed by atoms with Crippen molar-refractivity contribution in [3.8, 4) is 5.75 Å². The number of carbonyl (C=O) groups excluding carboxylic acids is 1. The quantitative estimate of drug-likeness (QED) is 0.486. The minimum absolute atomic E-state index is 0.0886. The maximum Gasteiger partial charge on any atom is 0.287 e. The first-order valence-electron chi connectivity index (χ1n) is 10.7. The number of hydrogen-bond donors (Lipinski definition) is 1. The lowest BCUT2D eigenvalue weighted by molar-refractivity contribution is 0.0898. The molecular weight excluding hydrogens is 388 g/mol. The Morgan fingerprint density at radius 2 is 1.55 bits per heavy atom. The van der Waals surface area contributed by atoms with E-state index in [4.69, 9.17) is 9.15 Å². The van der Waals surface area contributed by atoms with Gasteiger partial charge in [0.05, 0.1) is 13.7 Å². The summed E-state index contributed by atoms with van der Waals surface area (Å²) in [6.07, 6.45) is 0. The summed E-state index contributed by atoms with van der Waals surface area (Å²) in [5.41, 5.74) is 2.42. The molecule has 1 N–H and O–H groups in total. The van der Waals surface area contributed by atoms with Crippen molar-refractivity contribution in [2.24, 2.45) is 5.92 Å². The van der Waals surface area contributed by atoms with E-state index in [1.807, 2.05) is 43.3 Å². The number of nitrogens with one attached hydrogen (secondary N) is 1. The van der Waals surface area contributed by atoms with E-state index in [9.17, 15) is 4.79 Å². The molecule has 5 heteroatoms. The van der Waals surface area contributed by atoms with Gasteiger partial charge in [0.25, 0.3) is 5.91 Å². The van der Waals surface area contributed by atoms with E-state index in [1.54, 1.807) is 13.2 Å². The largest absolute Gasteiger partial charge is 0.497 e. The molecule has 0 aliphatic carbocycles. The van der Waals surface area contributed by atoms with E-state index in [-0.39, 0.29) is 11.9 Å². The predicted octanol–water partition coefficient (Wildman–Crippen LogP) is 5.26. The Hall–Kier alpha value is -3.05. The molecule has 1 atom stereocenters. The molecule has 0 saturated heterocycles. The summed E-state index contributed by atoms with van der Waals surface area (Å²) in [4.78, 5) is 14.8. The van der Waals surface area contributed by atoms with Crippen LogP contribution in [0.2, 0.25) is 0 Å². The van der Waals surface area contributed by atoms with Crippen LogP contribution in [0.25, 0.3) is 0 Å². The Morgan fingerprint density at radius 1 is 0.903 bits per heavy atom. The fraction of sp³-hybridized carbons (Fsp3) is 0.346. The van der Waals surface area contributed by atoms with Crippen LogP contribution in [0.15, 0.2) is 71.1 Å². The Bertz CT molecular complexity index is 948. The van der Waals surface area contributed by atoms with Crippen molar-refractivity contribution < 1.29 is 13.9 Å². The van der Waals surface area contributed by atoms with E-state index >= 15 is 0 Å². The van der Waals surface area contributed by atoms with Gasteiger partial charge in [0.2, 0.25) is 0 Å². The summed E-state index contributed by atoms with van der Waals surface area (Å²) in [5, 5.41) is 2.99. The number of methoxy groups -OCH3 is 1. The summed E-state index contributed by atoms with van der Waals surface area (Å²) in [7, 11) is 1.67. The summed E-state index contributed by atoms with van der Waals surface area (Å²) >= 11 is 0. The summed E-state index contributed by atoms with van der Waals surface area (Å²) in [6, 6.07) is 22.2. The Labute approximate surface area is 185 Å². The third-order valence-corrected chi connectivity index (χ3v) is 5.44. The number of nitrogens with zero attached hydrogens (tertiary/aromatic N) is 1. The molecule has 3 rings (SSSR count). The van der Waals surface area contributed by atoms with Gasteiger partial charge in [0.15, 0.2) is 5.76 Å². The molecule has 0 aliphatic heterocycles. The third-order valence-electron chi connectivity index (χ3n) is 5.44. The fourth-order valence-corrected chi connectivity index (χ4v) is 3.25. The van der Waals surface area contributed by atoms with Gasteiger partial charge in [-0.25, -0.2) is 0 Å². The van der Waals surface area contributed by atoms with Crippen molar-refractivity contribution in [2.75, 3.05) is 7.11 Å². The molecule has 3 aromatic rings. The summed E-state index contributed by atoms with van der Waals surface area (Å²) in [6.45, 7) is 8.31. The van der Waals surface area contributed by atoms with Gasteiger partial charge in [-0.2, -0.15) is 0 Å². The van der Waals surface area contributed by atoms with Crippen molar-refractivity contribution in [1.29, 1.82) is 0 Å². The molecule has 0 bridgehead atoms. The van der Waals surface area contributed by atoms with Crippen molar-refractivity contribution in [1.82, 2.24) is 10.2 Å². The van der Waals surface area contributed by atoms with Crippen molar-refractivity contribution in [3.05, 3.63) is 89.4 Å². The number of amides is 1. The smallest absolute Gasteiger partial charge is 0.287 e. The maximum absolute atomic E-state index is 12.5. The van der Waals surface area contributed by atoms with Crippen LogP contribution in [-0.4, -0.2) is 24.0 Å². The third kappa shape index (κ3) is 6.72. The molecule has 1 aromatic heterocycles. The zero-order valence-electron chi connectivity index (χ0n) is 18.8. The molecule has 1 heterocycles. The van der Waals surface area contributed by atoms with Crippen LogP contribution in [-0.2, 0) is 19.6 Å². The average Bonchev–Trinajstić information content (AvgIpc) is 3.23. The standard InChI is InChI=1S/C26H32N2O3/c1-19(2)20(3)27-26(29)25-15-14-24(31-25)18-28(16-21-8-6-5-7-9-21)17-22-10-12-23(30-4)13-11-22/h5-15,19-20H,16-18H2,1-4H3,(H,27,29)/t20-/m0/s1. The van der Waals surface area contributed by atoms with E-state index in [2.05, 4.69) is 48.3 Å². The number of benzene rings is 2. The minimum atomic E-state index is -0.169. The number of carbonyl (C=O) groups is 1. The number of furan rings is 1. The summed E-state index contributed by atoms with van der Waals surface area (Å²) < 4.78 is 11.2. The van der Waals surface area contributed by atoms with Crippen LogP contribution < -0.4 is 10.1 Å².